The van der Waals surface area contributed by atoms with E-state index >= 15 is 0 Å². The minimum atomic E-state index is 0.221. The summed E-state index contributed by atoms with van der Waals surface area (Å²) in [5.74, 6) is 0. The number of carbonyl (C=O) groups excluding carboxylic acids is 1. The van der Waals surface area contributed by atoms with Gasteiger partial charge in [-0.15, -0.1) is 0 Å². The van der Waals surface area contributed by atoms with Crippen LogP contribution in [0.15, 0.2) is 65.6 Å². The van der Waals surface area contributed by atoms with E-state index < -0.39 is 0 Å². The molecule has 1 aliphatic heterocycles. The summed E-state index contributed by atoms with van der Waals surface area (Å²) in [4.78, 5) is 11.5. The quantitative estimate of drug-likeness (QED) is 0.379. The second kappa shape index (κ2) is 10.6. The van der Waals surface area contributed by atoms with Gasteiger partial charge in [0.25, 0.3) is 0 Å². The van der Waals surface area contributed by atoms with E-state index in [4.69, 9.17) is 0 Å². The van der Waals surface area contributed by atoms with E-state index in [1.165, 1.54) is 34.2 Å². The van der Waals surface area contributed by atoms with Crippen LogP contribution < -0.4 is 15.4 Å². The maximum Gasteiger partial charge on any atom is 0.150 e. The number of anilines is 1. The van der Waals surface area contributed by atoms with Gasteiger partial charge in [0.1, 0.15) is 6.29 Å². The van der Waals surface area contributed by atoms with E-state index in [2.05, 4.69) is 58.7 Å². The molecule has 0 saturated carbocycles. The number of aryl methyl sites for hydroxylation is 1. The molecule has 5 heteroatoms. The van der Waals surface area contributed by atoms with Crippen LogP contribution in [0.4, 0.5) is 5.69 Å². The van der Waals surface area contributed by atoms with Crippen molar-refractivity contribution in [1.82, 2.24) is 10.0 Å². The van der Waals surface area contributed by atoms with Gasteiger partial charge in [-0.05, 0) is 74.8 Å². The van der Waals surface area contributed by atoms with Crippen LogP contribution in [0.5, 0.6) is 0 Å². The summed E-state index contributed by atoms with van der Waals surface area (Å²) in [7, 11) is 1.98. The van der Waals surface area contributed by atoms with Crippen molar-refractivity contribution in [2.45, 2.75) is 37.1 Å². The third-order valence-electron chi connectivity index (χ3n) is 5.58. The van der Waals surface area contributed by atoms with E-state index in [0.29, 0.717) is 0 Å². The van der Waals surface area contributed by atoms with Gasteiger partial charge >= 0.3 is 0 Å². The molecule has 4 rings (SSSR count). The van der Waals surface area contributed by atoms with Gasteiger partial charge in [0.05, 0.1) is 0 Å². The van der Waals surface area contributed by atoms with E-state index in [-0.39, 0.29) is 5.54 Å². The van der Waals surface area contributed by atoms with Crippen molar-refractivity contribution in [1.29, 1.82) is 0 Å². The van der Waals surface area contributed by atoms with Crippen molar-refractivity contribution in [2.75, 3.05) is 25.5 Å². The summed E-state index contributed by atoms with van der Waals surface area (Å²) in [6, 6.07) is 20.5. The largest absolute Gasteiger partial charge is 0.388 e. The van der Waals surface area contributed by atoms with Crippen LogP contribution in [0, 0.1) is 6.92 Å². The normalized spacial score (nSPS) is 15.2. The molecule has 0 bridgehead atoms. The van der Waals surface area contributed by atoms with Gasteiger partial charge in [-0.1, -0.05) is 48.5 Å². The SMILES string of the molecule is CNc1ccc(SNC2(C)CCNCC2)c2ccccc12.Cc1ccccc1C=O. The molecule has 1 aliphatic rings. The molecule has 0 aromatic heterocycles. The Kier molecular flexibility index (Phi) is 7.91. The number of hydrogen-bond acceptors (Lipinski definition) is 5. The number of nitrogens with one attached hydrogen (secondary N) is 3. The van der Waals surface area contributed by atoms with Gasteiger partial charge in [-0.25, -0.2) is 0 Å². The lowest BCUT2D eigenvalue weighted by Gasteiger charge is -2.34. The molecule has 30 heavy (non-hydrogen) atoms. The molecule has 0 aliphatic carbocycles. The first-order valence-corrected chi connectivity index (χ1v) is 11.2. The first-order valence-electron chi connectivity index (χ1n) is 10.4. The van der Waals surface area contributed by atoms with E-state index in [9.17, 15) is 4.79 Å². The van der Waals surface area contributed by atoms with Crippen LogP contribution in [-0.2, 0) is 0 Å². The molecular formula is C25H31N3OS. The van der Waals surface area contributed by atoms with Crippen LogP contribution in [0.25, 0.3) is 10.8 Å². The van der Waals surface area contributed by atoms with Crippen LogP contribution in [0.3, 0.4) is 0 Å². The number of piperidine rings is 1. The topological polar surface area (TPSA) is 53.2 Å². The summed E-state index contributed by atoms with van der Waals surface area (Å²) >= 11 is 1.77. The zero-order chi connectivity index (χ0) is 21.4. The number of hydrogen-bond donors (Lipinski definition) is 3. The van der Waals surface area contributed by atoms with Gasteiger partial charge in [0.15, 0.2) is 0 Å². The summed E-state index contributed by atoms with van der Waals surface area (Å²) in [6.07, 6.45) is 3.22. The number of rotatable bonds is 5. The Morgan fingerprint density at radius 1 is 0.967 bits per heavy atom. The molecule has 0 radical (unpaired) electrons. The van der Waals surface area contributed by atoms with Crippen molar-refractivity contribution in [3.8, 4) is 0 Å². The van der Waals surface area contributed by atoms with Gasteiger partial charge < -0.3 is 10.6 Å². The van der Waals surface area contributed by atoms with Gasteiger partial charge in [0, 0.05) is 34.1 Å². The van der Waals surface area contributed by atoms with E-state index in [1.54, 1.807) is 11.9 Å². The predicted molar refractivity (Wildman–Crippen MR) is 130 cm³/mol. The number of carbonyl (C=O) groups is 1. The molecule has 3 N–H and O–H groups in total. The average Bonchev–Trinajstić information content (AvgIpc) is 2.79. The van der Waals surface area contributed by atoms with Crippen LogP contribution >= 0.6 is 11.9 Å². The smallest absolute Gasteiger partial charge is 0.150 e. The zero-order valence-corrected chi connectivity index (χ0v) is 18.8. The molecule has 0 spiro atoms. The highest BCUT2D eigenvalue weighted by atomic mass is 32.2. The van der Waals surface area contributed by atoms with E-state index in [0.717, 1.165) is 30.5 Å². The molecule has 3 aromatic carbocycles. The molecule has 0 atom stereocenters. The Bertz CT molecular complexity index is 983. The summed E-state index contributed by atoms with van der Waals surface area (Å²) < 4.78 is 3.70. The molecule has 1 saturated heterocycles. The summed E-state index contributed by atoms with van der Waals surface area (Å²) in [6.45, 7) is 6.45. The monoisotopic (exact) mass is 421 g/mol. The molecule has 3 aromatic rings. The van der Waals surface area contributed by atoms with Gasteiger partial charge in [-0.2, -0.15) is 0 Å². The Morgan fingerprint density at radius 3 is 2.27 bits per heavy atom. The third-order valence-corrected chi connectivity index (χ3v) is 6.75. The van der Waals surface area contributed by atoms with Crippen molar-refractivity contribution < 1.29 is 4.79 Å². The molecular weight excluding hydrogens is 390 g/mol. The lowest BCUT2D eigenvalue weighted by molar-refractivity contribution is 0.112. The van der Waals surface area contributed by atoms with Crippen LogP contribution in [0.2, 0.25) is 0 Å². The van der Waals surface area contributed by atoms with Crippen molar-refractivity contribution in [2.24, 2.45) is 0 Å². The van der Waals surface area contributed by atoms with Gasteiger partial charge in [-0.3, -0.25) is 9.52 Å². The predicted octanol–water partition coefficient (Wildman–Crippen LogP) is 5.43. The van der Waals surface area contributed by atoms with E-state index in [1.807, 2.05) is 38.2 Å². The summed E-state index contributed by atoms with van der Waals surface area (Å²) in [5, 5.41) is 9.28. The van der Waals surface area contributed by atoms with Crippen molar-refractivity contribution in [3.63, 3.8) is 0 Å². The maximum absolute atomic E-state index is 10.2. The standard InChI is InChI=1S/C17H23N3S.C8H8O/c1-17(9-11-19-12-10-17)20-21-16-8-7-15(18-2)13-5-3-4-6-14(13)16;1-7-4-2-3-5-8(7)6-9/h3-8,18-20H,9-12H2,1-2H3;2-6H,1H3. The number of fused-ring (bicyclic) bond motifs is 1. The number of aldehydes is 1. The second-order valence-electron chi connectivity index (χ2n) is 7.90. The second-order valence-corrected chi connectivity index (χ2v) is 8.74. The lowest BCUT2D eigenvalue weighted by atomic mass is 9.92. The molecule has 0 unspecified atom stereocenters. The fourth-order valence-corrected chi connectivity index (χ4v) is 4.54. The van der Waals surface area contributed by atoms with Crippen molar-refractivity contribution in [3.05, 3.63) is 71.8 Å². The first-order chi connectivity index (χ1) is 14.6. The Balaban J connectivity index is 0.000000239. The third kappa shape index (κ3) is 5.63. The molecule has 0 amide bonds. The lowest BCUT2D eigenvalue weighted by Crippen LogP contribution is -2.47. The number of benzene rings is 3. The summed E-state index contributed by atoms with van der Waals surface area (Å²) in [5.41, 5.74) is 3.21. The molecule has 1 heterocycles. The molecule has 4 nitrogen and oxygen atoms in total. The molecule has 1 fully saturated rings. The average molecular weight is 422 g/mol. The zero-order valence-electron chi connectivity index (χ0n) is 18.0. The Hall–Kier alpha value is -2.34. The first kappa shape index (κ1) is 22.3. The van der Waals surface area contributed by atoms with Crippen LogP contribution in [0.1, 0.15) is 35.7 Å². The minimum Gasteiger partial charge on any atom is -0.388 e. The fourth-order valence-electron chi connectivity index (χ4n) is 3.56. The fraction of sp³-hybridized carbons (Fsp3) is 0.320. The van der Waals surface area contributed by atoms with Crippen molar-refractivity contribution >= 4 is 34.7 Å². The van der Waals surface area contributed by atoms with Gasteiger partial charge in [0.2, 0.25) is 0 Å². The Morgan fingerprint density at radius 2 is 1.63 bits per heavy atom. The van der Waals surface area contributed by atoms with Crippen LogP contribution in [-0.4, -0.2) is 32.0 Å². The Labute approximate surface area is 184 Å². The maximum atomic E-state index is 10.2. The highest BCUT2D eigenvalue weighted by Gasteiger charge is 2.26. The highest BCUT2D eigenvalue weighted by Crippen LogP contribution is 2.33. The molecule has 158 valence electrons. The minimum absolute atomic E-state index is 0.221. The highest BCUT2D eigenvalue weighted by molar-refractivity contribution is 7.97.